The molecule has 0 atom stereocenters. The molecule has 1 aromatic rings. The summed E-state index contributed by atoms with van der Waals surface area (Å²) >= 11 is 0. The lowest BCUT2D eigenvalue weighted by molar-refractivity contribution is -0.152. The average Bonchev–Trinajstić information content (AvgIpc) is 2.61. The van der Waals surface area contributed by atoms with Crippen molar-refractivity contribution in [2.45, 2.75) is 26.7 Å². The molecule has 138 valence electrons. The summed E-state index contributed by atoms with van der Waals surface area (Å²) in [6.07, 6.45) is 0.721. The second kappa shape index (κ2) is 11.1. The molecule has 0 heterocycles. The van der Waals surface area contributed by atoms with E-state index in [1.807, 2.05) is 13.8 Å². The molecular formula is C19H27NO5. The lowest BCUT2D eigenvalue weighted by Crippen LogP contribution is -2.35. The standard InChI is InChI=1S/C19H27NO5/c1-5-20(13-15(2)3)18(21)14-25-19(22)7-6-12-24-17-10-8-16(23-4)9-11-17/h8-11H,2,5-7,12-14H2,1,3-4H3. The van der Waals surface area contributed by atoms with Gasteiger partial charge in [-0.15, -0.1) is 0 Å². The first-order valence-corrected chi connectivity index (χ1v) is 8.30. The van der Waals surface area contributed by atoms with Crippen LogP contribution in [0, 0.1) is 0 Å². The Hall–Kier alpha value is -2.50. The van der Waals surface area contributed by atoms with E-state index in [0.717, 1.165) is 11.3 Å². The molecule has 1 rings (SSSR count). The summed E-state index contributed by atoms with van der Waals surface area (Å²) in [6.45, 7) is 8.70. The van der Waals surface area contributed by atoms with E-state index in [2.05, 4.69) is 6.58 Å². The predicted molar refractivity (Wildman–Crippen MR) is 95.8 cm³/mol. The van der Waals surface area contributed by atoms with Gasteiger partial charge >= 0.3 is 5.97 Å². The van der Waals surface area contributed by atoms with Crippen molar-refractivity contribution in [3.63, 3.8) is 0 Å². The Kier molecular flexibility index (Phi) is 9.14. The van der Waals surface area contributed by atoms with E-state index in [1.165, 1.54) is 0 Å². The predicted octanol–water partition coefficient (Wildman–Crippen LogP) is 2.82. The molecule has 0 aliphatic rings. The van der Waals surface area contributed by atoms with Gasteiger partial charge in [0.05, 0.1) is 13.7 Å². The van der Waals surface area contributed by atoms with E-state index >= 15 is 0 Å². The number of amides is 1. The van der Waals surface area contributed by atoms with Gasteiger partial charge in [-0.2, -0.15) is 0 Å². The highest BCUT2D eigenvalue weighted by Gasteiger charge is 2.14. The van der Waals surface area contributed by atoms with Crippen LogP contribution in [0.2, 0.25) is 0 Å². The number of esters is 1. The largest absolute Gasteiger partial charge is 0.497 e. The summed E-state index contributed by atoms with van der Waals surface area (Å²) in [5.41, 5.74) is 0.886. The summed E-state index contributed by atoms with van der Waals surface area (Å²) < 4.78 is 15.6. The molecule has 0 bridgehead atoms. The Bertz CT molecular complexity index is 568. The summed E-state index contributed by atoms with van der Waals surface area (Å²) in [4.78, 5) is 25.2. The molecule has 1 aromatic carbocycles. The van der Waals surface area contributed by atoms with Crippen LogP contribution in [0.1, 0.15) is 26.7 Å². The number of hydrogen-bond donors (Lipinski definition) is 0. The number of carbonyl (C=O) groups excluding carboxylic acids is 2. The fourth-order valence-electron chi connectivity index (χ4n) is 2.09. The van der Waals surface area contributed by atoms with Crippen LogP contribution in [0.3, 0.4) is 0 Å². The minimum absolute atomic E-state index is 0.204. The van der Waals surface area contributed by atoms with E-state index in [0.29, 0.717) is 31.9 Å². The lowest BCUT2D eigenvalue weighted by atomic mass is 10.3. The molecule has 6 heteroatoms. The first-order valence-electron chi connectivity index (χ1n) is 8.30. The minimum atomic E-state index is -0.405. The van der Waals surface area contributed by atoms with Crippen molar-refractivity contribution in [1.29, 1.82) is 0 Å². The first-order chi connectivity index (χ1) is 12.0. The third kappa shape index (κ3) is 8.24. The van der Waals surface area contributed by atoms with Crippen molar-refractivity contribution in [3.8, 4) is 11.5 Å². The zero-order valence-electron chi connectivity index (χ0n) is 15.2. The lowest BCUT2D eigenvalue weighted by Gasteiger charge is -2.20. The van der Waals surface area contributed by atoms with E-state index in [9.17, 15) is 9.59 Å². The number of benzene rings is 1. The number of hydrogen-bond acceptors (Lipinski definition) is 5. The molecule has 25 heavy (non-hydrogen) atoms. The van der Waals surface area contributed by atoms with Gasteiger partial charge in [-0.05, 0) is 44.5 Å². The molecule has 0 aliphatic carbocycles. The third-order valence-electron chi connectivity index (χ3n) is 3.41. The van der Waals surface area contributed by atoms with Crippen molar-refractivity contribution in [1.82, 2.24) is 4.90 Å². The molecule has 0 unspecified atom stereocenters. The van der Waals surface area contributed by atoms with Gasteiger partial charge in [-0.1, -0.05) is 12.2 Å². The number of nitrogens with zero attached hydrogens (tertiary/aromatic N) is 1. The molecule has 0 spiro atoms. The summed E-state index contributed by atoms with van der Waals surface area (Å²) in [5, 5.41) is 0. The third-order valence-corrected chi connectivity index (χ3v) is 3.41. The summed E-state index contributed by atoms with van der Waals surface area (Å²) in [7, 11) is 1.60. The zero-order valence-corrected chi connectivity index (χ0v) is 15.2. The monoisotopic (exact) mass is 349 g/mol. The highest BCUT2D eigenvalue weighted by molar-refractivity contribution is 5.80. The molecule has 0 saturated heterocycles. The molecule has 0 saturated carbocycles. The second-order valence-corrected chi connectivity index (χ2v) is 5.65. The molecule has 0 aromatic heterocycles. The van der Waals surface area contributed by atoms with Crippen molar-refractivity contribution < 1.29 is 23.8 Å². The topological polar surface area (TPSA) is 65.1 Å². The van der Waals surface area contributed by atoms with Crippen LogP contribution in [0.25, 0.3) is 0 Å². The number of methoxy groups -OCH3 is 1. The summed E-state index contributed by atoms with van der Waals surface area (Å²) in [6, 6.07) is 7.22. The maximum absolute atomic E-state index is 12.0. The average molecular weight is 349 g/mol. The summed E-state index contributed by atoms with van der Waals surface area (Å²) in [5.74, 6) is 0.850. The van der Waals surface area contributed by atoms with Crippen LogP contribution in [0.15, 0.2) is 36.4 Å². The molecule has 0 N–H and O–H groups in total. The van der Waals surface area contributed by atoms with Crippen LogP contribution in [-0.4, -0.2) is 50.2 Å². The van der Waals surface area contributed by atoms with Crippen LogP contribution >= 0.6 is 0 Å². The highest BCUT2D eigenvalue weighted by Crippen LogP contribution is 2.17. The van der Waals surface area contributed by atoms with Crippen molar-refractivity contribution in [2.75, 3.05) is 33.4 Å². The molecule has 0 aliphatic heterocycles. The normalized spacial score (nSPS) is 10.0. The molecule has 6 nitrogen and oxygen atoms in total. The Balaban J connectivity index is 2.21. The second-order valence-electron chi connectivity index (χ2n) is 5.65. The van der Waals surface area contributed by atoms with Crippen molar-refractivity contribution in [3.05, 3.63) is 36.4 Å². The van der Waals surface area contributed by atoms with Crippen LogP contribution in [0.5, 0.6) is 11.5 Å². The van der Waals surface area contributed by atoms with Gasteiger partial charge in [-0.25, -0.2) is 0 Å². The van der Waals surface area contributed by atoms with Crippen molar-refractivity contribution in [2.24, 2.45) is 0 Å². The van der Waals surface area contributed by atoms with Gasteiger partial charge in [-0.3, -0.25) is 9.59 Å². The fraction of sp³-hybridized carbons (Fsp3) is 0.474. The van der Waals surface area contributed by atoms with Gasteiger partial charge < -0.3 is 19.1 Å². The fourth-order valence-corrected chi connectivity index (χ4v) is 2.09. The maximum Gasteiger partial charge on any atom is 0.306 e. The highest BCUT2D eigenvalue weighted by atomic mass is 16.5. The quantitative estimate of drug-likeness (QED) is 0.349. The van der Waals surface area contributed by atoms with E-state index in [4.69, 9.17) is 14.2 Å². The molecular weight excluding hydrogens is 322 g/mol. The number of ether oxygens (including phenoxy) is 3. The number of likely N-dealkylation sites (N-methyl/N-ethyl adjacent to an activating group) is 1. The van der Waals surface area contributed by atoms with Crippen molar-refractivity contribution >= 4 is 11.9 Å². The Labute approximate surface area is 149 Å². The minimum Gasteiger partial charge on any atom is -0.497 e. The van der Waals surface area contributed by atoms with Crippen LogP contribution in [-0.2, 0) is 14.3 Å². The van der Waals surface area contributed by atoms with E-state index in [-0.39, 0.29) is 18.9 Å². The number of carbonyl (C=O) groups is 2. The smallest absolute Gasteiger partial charge is 0.306 e. The maximum atomic E-state index is 12.0. The Morgan fingerprint density at radius 3 is 2.36 bits per heavy atom. The van der Waals surface area contributed by atoms with Gasteiger partial charge in [0.2, 0.25) is 0 Å². The Morgan fingerprint density at radius 1 is 1.16 bits per heavy atom. The number of rotatable bonds is 11. The van der Waals surface area contributed by atoms with Crippen LogP contribution in [0.4, 0.5) is 0 Å². The first kappa shape index (κ1) is 20.5. The van der Waals surface area contributed by atoms with Gasteiger partial charge in [0, 0.05) is 19.5 Å². The van der Waals surface area contributed by atoms with E-state index in [1.54, 1.807) is 36.3 Å². The SMILES string of the molecule is C=C(C)CN(CC)C(=O)COC(=O)CCCOc1ccc(OC)cc1. The molecule has 1 amide bonds. The molecule has 0 fully saturated rings. The van der Waals surface area contributed by atoms with Gasteiger partial charge in [0.1, 0.15) is 11.5 Å². The van der Waals surface area contributed by atoms with Crippen LogP contribution < -0.4 is 9.47 Å². The molecule has 0 radical (unpaired) electrons. The Morgan fingerprint density at radius 2 is 1.80 bits per heavy atom. The van der Waals surface area contributed by atoms with Gasteiger partial charge in [0.15, 0.2) is 6.61 Å². The zero-order chi connectivity index (χ0) is 18.7. The van der Waals surface area contributed by atoms with Gasteiger partial charge in [0.25, 0.3) is 5.91 Å². The van der Waals surface area contributed by atoms with E-state index < -0.39 is 5.97 Å².